The second kappa shape index (κ2) is 16.0. The number of benzene rings is 3. The molecule has 288 valence electrons. The highest BCUT2D eigenvalue weighted by Crippen LogP contribution is 2.43. The molecule has 0 aliphatic carbocycles. The lowest BCUT2D eigenvalue weighted by atomic mass is 10.00. The topological polar surface area (TPSA) is 141 Å². The molecular weight excluding hydrogens is 723 g/mol. The number of amides is 3. The van der Waals surface area contributed by atoms with E-state index in [9.17, 15) is 24.0 Å². The summed E-state index contributed by atoms with van der Waals surface area (Å²) in [6, 6.07) is 24.6. The lowest BCUT2D eigenvalue weighted by Crippen LogP contribution is -2.70. The number of β-lactam (4-membered cyclic amide) rings is 1. The van der Waals surface area contributed by atoms with Crippen molar-refractivity contribution in [1.82, 2.24) is 15.1 Å². The molecule has 3 aromatic carbocycles. The van der Waals surface area contributed by atoms with E-state index in [-0.39, 0.29) is 23.9 Å². The molecule has 0 spiro atoms. The zero-order valence-electron chi connectivity index (χ0n) is 31.7. The standard InChI is InChI=1S/C42H45N3O9S/c1-41(2,3)53-39(49)43-32-36(47)45-33(38(48)52-34(27-15-9-7-10-16-27)28-17-11-8-12-18-28)30(25-55-37(32)45)23-29-20-21-44(35(29)46)24-26-14-13-19-31(22-26)51-40(50)54-42(4,5)6/h7-19,22-23,32,34,37H,20-21,24-25H2,1-6H3,(H,43,49)/b29-23+/t32-,37-/m1/s1. The number of nitrogens with zero attached hydrogens (tertiary/aromatic N) is 2. The van der Waals surface area contributed by atoms with Crippen LogP contribution in [0, 0.1) is 0 Å². The molecule has 6 rings (SSSR count). The predicted octanol–water partition coefficient (Wildman–Crippen LogP) is 7.05. The summed E-state index contributed by atoms with van der Waals surface area (Å²) in [5.41, 5.74) is 1.71. The number of ether oxygens (including phenoxy) is 4. The Morgan fingerprint density at radius 1 is 0.873 bits per heavy atom. The highest BCUT2D eigenvalue weighted by Gasteiger charge is 2.55. The Hall–Kier alpha value is -5.56. The maximum atomic E-state index is 14.4. The van der Waals surface area contributed by atoms with Crippen LogP contribution in [0.4, 0.5) is 9.59 Å². The largest absolute Gasteiger partial charge is 0.514 e. The van der Waals surface area contributed by atoms with Gasteiger partial charge in [0, 0.05) is 24.4 Å². The molecule has 13 heteroatoms. The van der Waals surface area contributed by atoms with Crippen molar-refractivity contribution in [3.8, 4) is 5.75 Å². The van der Waals surface area contributed by atoms with Gasteiger partial charge in [-0.25, -0.2) is 14.4 Å². The molecule has 0 saturated carbocycles. The van der Waals surface area contributed by atoms with Crippen LogP contribution >= 0.6 is 11.8 Å². The highest BCUT2D eigenvalue weighted by atomic mass is 32.2. The van der Waals surface area contributed by atoms with E-state index in [4.69, 9.17) is 18.9 Å². The number of alkyl carbamates (subject to hydrolysis) is 1. The van der Waals surface area contributed by atoms with E-state index in [2.05, 4.69) is 5.32 Å². The zero-order chi connectivity index (χ0) is 39.5. The number of hydrogen-bond acceptors (Lipinski definition) is 10. The summed E-state index contributed by atoms with van der Waals surface area (Å²) >= 11 is 1.37. The van der Waals surface area contributed by atoms with Gasteiger partial charge in [0.2, 0.25) is 5.91 Å². The third kappa shape index (κ3) is 9.58. The molecular formula is C42H45N3O9S. The van der Waals surface area contributed by atoms with Crippen LogP contribution in [-0.4, -0.2) is 74.7 Å². The fourth-order valence-electron chi connectivity index (χ4n) is 6.38. The molecule has 2 saturated heterocycles. The molecule has 0 radical (unpaired) electrons. The van der Waals surface area contributed by atoms with Gasteiger partial charge in [-0.1, -0.05) is 72.8 Å². The molecule has 3 aliphatic heterocycles. The number of rotatable bonds is 9. The van der Waals surface area contributed by atoms with E-state index in [1.54, 1.807) is 70.7 Å². The SMILES string of the molecule is CC(C)(C)OC(=O)N[C@@H]1C(=O)N2C(C(=O)OC(c3ccccc3)c3ccccc3)=C(/C=C3\CCN(Cc4cccc(OC(=O)OC(C)(C)C)c4)C3=O)CS[C@H]12. The fraction of sp³-hybridized carbons (Fsp3) is 0.357. The molecule has 0 bridgehead atoms. The van der Waals surface area contributed by atoms with Gasteiger partial charge in [0.15, 0.2) is 6.10 Å². The highest BCUT2D eigenvalue weighted by molar-refractivity contribution is 8.00. The van der Waals surface area contributed by atoms with Crippen LogP contribution in [-0.2, 0) is 35.1 Å². The van der Waals surface area contributed by atoms with Gasteiger partial charge in [-0.05, 0) is 88.4 Å². The van der Waals surface area contributed by atoms with Gasteiger partial charge >= 0.3 is 18.2 Å². The van der Waals surface area contributed by atoms with Gasteiger partial charge in [0.25, 0.3) is 5.91 Å². The molecule has 3 aliphatic rings. The minimum Gasteiger partial charge on any atom is -0.448 e. The van der Waals surface area contributed by atoms with Crippen molar-refractivity contribution in [2.45, 2.75) is 83.2 Å². The van der Waals surface area contributed by atoms with Crippen molar-refractivity contribution in [1.29, 1.82) is 0 Å². The van der Waals surface area contributed by atoms with Crippen LogP contribution in [0.25, 0.3) is 0 Å². The quantitative estimate of drug-likeness (QED) is 0.0792. The van der Waals surface area contributed by atoms with Crippen LogP contribution in [0.15, 0.2) is 108 Å². The van der Waals surface area contributed by atoms with E-state index < -0.39 is 52.8 Å². The number of thioether (sulfide) groups is 1. The molecule has 2 atom stereocenters. The third-order valence-electron chi connectivity index (χ3n) is 8.72. The number of esters is 1. The molecule has 0 aromatic heterocycles. The van der Waals surface area contributed by atoms with Gasteiger partial charge < -0.3 is 29.2 Å². The van der Waals surface area contributed by atoms with Gasteiger partial charge in [-0.15, -0.1) is 11.8 Å². The lowest BCUT2D eigenvalue weighted by Gasteiger charge is -2.49. The number of allylic oxidation sites excluding steroid dienone is 1. The Bertz CT molecular complexity index is 1980. The number of hydrogen-bond donors (Lipinski definition) is 1. The Balaban J connectivity index is 1.27. The molecule has 3 amide bonds. The van der Waals surface area contributed by atoms with Crippen molar-refractivity contribution >= 4 is 41.8 Å². The van der Waals surface area contributed by atoms with E-state index in [1.807, 2.05) is 66.7 Å². The normalized spacial score (nSPS) is 19.2. The first-order valence-electron chi connectivity index (χ1n) is 18.0. The van der Waals surface area contributed by atoms with Crippen LogP contribution in [0.1, 0.15) is 70.8 Å². The van der Waals surface area contributed by atoms with Crippen LogP contribution < -0.4 is 10.1 Å². The van der Waals surface area contributed by atoms with Crippen LogP contribution in [0.5, 0.6) is 5.75 Å². The van der Waals surface area contributed by atoms with Gasteiger partial charge in [-0.2, -0.15) is 0 Å². The zero-order valence-corrected chi connectivity index (χ0v) is 32.5. The monoisotopic (exact) mass is 767 g/mol. The Morgan fingerprint density at radius 2 is 1.51 bits per heavy atom. The third-order valence-corrected chi connectivity index (χ3v) is 10.0. The Kier molecular flexibility index (Phi) is 11.4. The van der Waals surface area contributed by atoms with E-state index >= 15 is 0 Å². The molecule has 1 N–H and O–H groups in total. The summed E-state index contributed by atoms with van der Waals surface area (Å²) in [7, 11) is 0. The maximum Gasteiger partial charge on any atom is 0.514 e. The minimum atomic E-state index is -0.922. The van der Waals surface area contributed by atoms with Crippen molar-refractivity contribution < 1.29 is 42.9 Å². The number of carbonyl (C=O) groups is 5. The van der Waals surface area contributed by atoms with Crippen molar-refractivity contribution in [2.75, 3.05) is 12.3 Å². The number of carbonyl (C=O) groups excluding carboxylic acids is 5. The van der Waals surface area contributed by atoms with Crippen LogP contribution in [0.3, 0.4) is 0 Å². The first-order valence-corrected chi connectivity index (χ1v) is 19.1. The molecule has 3 heterocycles. The van der Waals surface area contributed by atoms with E-state index in [0.29, 0.717) is 29.9 Å². The first kappa shape index (κ1) is 39.1. The summed E-state index contributed by atoms with van der Waals surface area (Å²) in [6.45, 7) is 11.1. The summed E-state index contributed by atoms with van der Waals surface area (Å²) in [5, 5.41) is 2.07. The molecule has 3 aromatic rings. The second-order valence-corrected chi connectivity index (χ2v) is 16.5. The minimum absolute atomic E-state index is 0.0265. The Morgan fingerprint density at radius 3 is 2.13 bits per heavy atom. The average molecular weight is 768 g/mol. The second-order valence-electron chi connectivity index (χ2n) is 15.4. The lowest BCUT2D eigenvalue weighted by molar-refractivity contribution is -0.153. The van der Waals surface area contributed by atoms with E-state index in [1.165, 1.54) is 16.7 Å². The molecule has 12 nitrogen and oxygen atoms in total. The van der Waals surface area contributed by atoms with Gasteiger partial charge in [0.1, 0.15) is 34.1 Å². The smallest absolute Gasteiger partial charge is 0.448 e. The molecule has 0 unspecified atom stereocenters. The number of nitrogens with one attached hydrogen (secondary N) is 1. The summed E-state index contributed by atoms with van der Waals surface area (Å²) < 4.78 is 22.3. The maximum absolute atomic E-state index is 14.4. The predicted molar refractivity (Wildman–Crippen MR) is 206 cm³/mol. The Labute approximate surface area is 324 Å². The first-order chi connectivity index (χ1) is 26.1. The number of fused-ring (bicyclic) bond motifs is 1. The number of likely N-dealkylation sites (tertiary alicyclic amines) is 1. The van der Waals surface area contributed by atoms with Crippen molar-refractivity contribution in [3.05, 3.63) is 125 Å². The van der Waals surface area contributed by atoms with Gasteiger partial charge in [-0.3, -0.25) is 14.5 Å². The average Bonchev–Trinajstić information content (AvgIpc) is 3.46. The summed E-state index contributed by atoms with van der Waals surface area (Å²) in [5.74, 6) is -0.887. The molecule has 55 heavy (non-hydrogen) atoms. The van der Waals surface area contributed by atoms with Crippen molar-refractivity contribution in [2.24, 2.45) is 0 Å². The van der Waals surface area contributed by atoms with Crippen LogP contribution in [0.2, 0.25) is 0 Å². The summed E-state index contributed by atoms with van der Waals surface area (Å²) in [4.78, 5) is 69.9. The van der Waals surface area contributed by atoms with Gasteiger partial charge in [0.05, 0.1) is 0 Å². The van der Waals surface area contributed by atoms with Crippen molar-refractivity contribution in [3.63, 3.8) is 0 Å². The fourth-order valence-corrected chi connectivity index (χ4v) is 7.69. The molecule has 2 fully saturated rings. The van der Waals surface area contributed by atoms with E-state index in [0.717, 1.165) is 16.7 Å². The summed E-state index contributed by atoms with van der Waals surface area (Å²) in [6.07, 6.45) is -0.255.